The van der Waals surface area contributed by atoms with Crippen molar-refractivity contribution in [3.8, 4) is 28.2 Å². The number of nitrogens with zero attached hydrogens (tertiary/aromatic N) is 3. The van der Waals surface area contributed by atoms with Crippen LogP contribution in [0.4, 0.5) is 13.2 Å². The summed E-state index contributed by atoms with van der Waals surface area (Å²) >= 11 is 1.80. The summed E-state index contributed by atoms with van der Waals surface area (Å²) in [7, 11) is 0. The topological polar surface area (TPSA) is 41.1 Å². The van der Waals surface area contributed by atoms with E-state index in [9.17, 15) is 0 Å². The highest BCUT2D eigenvalue weighted by molar-refractivity contribution is 7.27. The summed E-state index contributed by atoms with van der Waals surface area (Å²) in [4.78, 5) is 0. The first-order chi connectivity index (χ1) is 37.0. The van der Waals surface area contributed by atoms with E-state index in [1.54, 1.807) is 35.6 Å². The first-order valence-electron chi connectivity index (χ1n) is 24.8. The summed E-state index contributed by atoms with van der Waals surface area (Å²) in [6, 6.07) is 67.0. The van der Waals surface area contributed by atoms with Crippen LogP contribution in [0.15, 0.2) is 215 Å². The minimum absolute atomic E-state index is 0.0950. The van der Waals surface area contributed by atoms with E-state index in [2.05, 4.69) is 123 Å². The lowest BCUT2D eigenvalue weighted by Gasteiger charge is -2.11. The van der Waals surface area contributed by atoms with Gasteiger partial charge in [-0.3, -0.25) is 0 Å². The minimum Gasteiger partial charge on any atom is -0.454 e. The summed E-state index contributed by atoms with van der Waals surface area (Å²) in [5.41, 5.74) is 12.0. The quantitative estimate of drug-likeness (QED) is 0.176. The van der Waals surface area contributed by atoms with E-state index < -0.39 is 17.5 Å². The highest BCUT2D eigenvalue weighted by atomic mass is 32.1. The minimum atomic E-state index is -0.512. The fourth-order valence-corrected chi connectivity index (χ4v) is 13.9. The van der Waals surface area contributed by atoms with E-state index in [4.69, 9.17) is 8.83 Å². The second-order valence-electron chi connectivity index (χ2n) is 19.5. The first kappa shape index (κ1) is 41.0. The van der Waals surface area contributed by atoms with Crippen molar-refractivity contribution in [1.82, 2.24) is 13.7 Å². The Kier molecular flexibility index (Phi) is 8.07. The SMILES string of the molecule is Fc1ccc2c(c1)c1c(c3oc4c(F)cccc4c3c3c4cc(F)ccc4n(-c4ccccc4)c31)n2-c1ccc(-c2ccc3c(c2)sc2c4c5ccccc5oc4c4c(c5ccccc5n4-c4ccccc4)c32)cc1. The van der Waals surface area contributed by atoms with Gasteiger partial charge >= 0.3 is 0 Å². The zero-order valence-electron chi connectivity index (χ0n) is 39.3. The molecule has 0 amide bonds. The Hall–Kier alpha value is -9.57. The zero-order chi connectivity index (χ0) is 49.4. The predicted octanol–water partition coefficient (Wildman–Crippen LogP) is 19.2. The van der Waals surface area contributed by atoms with E-state index in [-0.39, 0.29) is 5.58 Å². The van der Waals surface area contributed by atoms with Crippen molar-refractivity contribution in [2.45, 2.75) is 0 Å². The lowest BCUT2D eigenvalue weighted by Crippen LogP contribution is -1.96. The average molecular weight is 990 g/mol. The van der Waals surface area contributed by atoms with Crippen molar-refractivity contribution in [3.63, 3.8) is 0 Å². The maximum Gasteiger partial charge on any atom is 0.171 e. The molecule has 0 spiro atoms. The third-order valence-electron chi connectivity index (χ3n) is 15.6. The zero-order valence-corrected chi connectivity index (χ0v) is 40.1. The predicted molar refractivity (Wildman–Crippen MR) is 302 cm³/mol. The Morgan fingerprint density at radius 3 is 1.63 bits per heavy atom. The van der Waals surface area contributed by atoms with E-state index in [1.807, 2.05) is 48.5 Å². The smallest absolute Gasteiger partial charge is 0.171 e. The molecular formula is C66H34F3N3O2S. The van der Waals surface area contributed by atoms with Crippen molar-refractivity contribution >= 4 is 141 Å². The molecule has 0 saturated heterocycles. The molecule has 0 aliphatic heterocycles. The van der Waals surface area contributed by atoms with Crippen LogP contribution in [-0.4, -0.2) is 13.7 Å². The Morgan fingerprint density at radius 2 is 0.893 bits per heavy atom. The number of hydrogen-bond donors (Lipinski definition) is 0. The summed E-state index contributed by atoms with van der Waals surface area (Å²) < 4.78 is 69.8. The second kappa shape index (κ2) is 14.8. The monoisotopic (exact) mass is 989 g/mol. The van der Waals surface area contributed by atoms with Crippen LogP contribution in [-0.2, 0) is 0 Å². The molecule has 11 aromatic carbocycles. The number of hydrogen-bond acceptors (Lipinski definition) is 3. The fourth-order valence-electron chi connectivity index (χ4n) is 12.6. The molecule has 5 nitrogen and oxygen atoms in total. The van der Waals surface area contributed by atoms with Gasteiger partial charge in [0, 0.05) is 91.1 Å². The van der Waals surface area contributed by atoms with Crippen LogP contribution in [0.25, 0.3) is 158 Å². The highest BCUT2D eigenvalue weighted by Gasteiger charge is 2.30. The van der Waals surface area contributed by atoms with E-state index >= 15 is 13.2 Å². The van der Waals surface area contributed by atoms with Crippen LogP contribution in [0.3, 0.4) is 0 Å². The Bertz CT molecular complexity index is 5330. The van der Waals surface area contributed by atoms with Gasteiger partial charge in [0.05, 0.1) is 33.1 Å². The van der Waals surface area contributed by atoms with Crippen LogP contribution >= 0.6 is 11.3 Å². The van der Waals surface area contributed by atoms with Gasteiger partial charge in [0.2, 0.25) is 0 Å². The number of thiophene rings is 1. The van der Waals surface area contributed by atoms with Crippen molar-refractivity contribution in [1.29, 1.82) is 0 Å². The van der Waals surface area contributed by atoms with Gasteiger partial charge in [-0.15, -0.1) is 11.3 Å². The number of halogens is 3. The molecule has 17 rings (SSSR count). The molecule has 9 heteroatoms. The van der Waals surface area contributed by atoms with Gasteiger partial charge in [0.15, 0.2) is 22.6 Å². The number of benzene rings is 11. The van der Waals surface area contributed by atoms with Crippen LogP contribution in [0.2, 0.25) is 0 Å². The summed E-state index contributed by atoms with van der Waals surface area (Å²) in [6.45, 7) is 0. The standard InChI is InChI=1S/C66H34F3N3O2S/c67-37-25-30-50-46(33-37)55-56-45-18-11-19-48(69)63(45)74-64(56)62-58(60(55)70(50)39-12-3-1-4-13-39)47-34-38(68)26-31-51(47)72(62)41-27-22-35(23-28-41)36-24-29-44-53(32-36)75-66-57(44)54-42-16-7-9-20-49(42)71(40-14-5-2-6-15-40)61(54)65-59(66)43-17-8-10-21-52(43)73-65/h1-34H. The molecule has 0 bridgehead atoms. The van der Waals surface area contributed by atoms with Crippen molar-refractivity contribution in [2.75, 3.05) is 0 Å². The Labute approximate surface area is 426 Å². The number of furan rings is 2. The number of para-hydroxylation sites is 5. The maximum atomic E-state index is 16.0. The lowest BCUT2D eigenvalue weighted by atomic mass is 9.99. The number of aromatic nitrogens is 3. The third-order valence-corrected chi connectivity index (χ3v) is 16.7. The molecular weight excluding hydrogens is 956 g/mol. The fraction of sp³-hybridized carbons (Fsp3) is 0. The average Bonchev–Trinajstić information content (AvgIpc) is 4.49. The number of rotatable bonds is 4. The molecule has 6 heterocycles. The largest absolute Gasteiger partial charge is 0.454 e. The van der Waals surface area contributed by atoms with E-state index in [1.165, 1.54) is 45.1 Å². The third kappa shape index (κ3) is 5.41. The van der Waals surface area contributed by atoms with Gasteiger partial charge in [-0.1, -0.05) is 109 Å². The van der Waals surface area contributed by atoms with Gasteiger partial charge in [0.1, 0.15) is 17.2 Å². The van der Waals surface area contributed by atoms with E-state index in [0.29, 0.717) is 43.4 Å². The van der Waals surface area contributed by atoms with Crippen LogP contribution in [0.1, 0.15) is 0 Å². The molecule has 0 saturated carbocycles. The van der Waals surface area contributed by atoms with E-state index in [0.717, 1.165) is 87.8 Å². The van der Waals surface area contributed by atoms with Crippen molar-refractivity contribution in [2.24, 2.45) is 0 Å². The van der Waals surface area contributed by atoms with Crippen LogP contribution < -0.4 is 0 Å². The molecule has 6 aromatic heterocycles. The van der Waals surface area contributed by atoms with Gasteiger partial charge < -0.3 is 22.5 Å². The van der Waals surface area contributed by atoms with Crippen molar-refractivity contribution in [3.05, 3.63) is 224 Å². The molecule has 0 aliphatic carbocycles. The van der Waals surface area contributed by atoms with Gasteiger partial charge in [-0.25, -0.2) is 13.2 Å². The lowest BCUT2D eigenvalue weighted by molar-refractivity contribution is 0.585. The molecule has 0 fully saturated rings. The molecule has 0 unspecified atom stereocenters. The maximum absolute atomic E-state index is 16.0. The van der Waals surface area contributed by atoms with Gasteiger partial charge in [0.25, 0.3) is 0 Å². The van der Waals surface area contributed by atoms with Crippen LogP contribution in [0.5, 0.6) is 0 Å². The molecule has 17 aromatic rings. The molecule has 0 aliphatic rings. The van der Waals surface area contributed by atoms with Gasteiger partial charge in [-0.2, -0.15) is 0 Å². The summed E-state index contributed by atoms with van der Waals surface area (Å²) in [5, 5.41) is 10.8. The Morgan fingerprint density at radius 1 is 0.333 bits per heavy atom. The first-order valence-corrected chi connectivity index (χ1v) is 25.6. The second-order valence-corrected chi connectivity index (χ2v) is 20.5. The molecule has 352 valence electrons. The summed E-state index contributed by atoms with van der Waals surface area (Å²) in [6.07, 6.45) is 0. The molecule has 0 N–H and O–H groups in total. The summed E-state index contributed by atoms with van der Waals surface area (Å²) in [5.74, 6) is -1.33. The van der Waals surface area contributed by atoms with Gasteiger partial charge in [-0.05, 0) is 108 Å². The molecule has 0 radical (unpaired) electrons. The van der Waals surface area contributed by atoms with Crippen LogP contribution in [0, 0.1) is 17.5 Å². The molecule has 0 atom stereocenters. The number of fused-ring (bicyclic) bond motifs is 24. The highest BCUT2D eigenvalue weighted by Crippen LogP contribution is 2.53. The van der Waals surface area contributed by atoms with Crippen molar-refractivity contribution < 1.29 is 22.0 Å². The normalized spacial score (nSPS) is 12.5. The molecule has 75 heavy (non-hydrogen) atoms. The Balaban J connectivity index is 0.920.